The molecule has 13 heavy (non-hydrogen) atoms. The van der Waals surface area contributed by atoms with Crippen LogP contribution < -0.4 is 0 Å². The van der Waals surface area contributed by atoms with Gasteiger partial charge in [-0.15, -0.1) is 12.3 Å². The van der Waals surface area contributed by atoms with E-state index >= 15 is 0 Å². The van der Waals surface area contributed by atoms with Crippen molar-refractivity contribution in [3.05, 3.63) is 0 Å². The van der Waals surface area contributed by atoms with Crippen molar-refractivity contribution < 1.29 is 9.90 Å². The maximum absolute atomic E-state index is 11.5. The van der Waals surface area contributed by atoms with Crippen molar-refractivity contribution in [2.24, 2.45) is 0 Å². The summed E-state index contributed by atoms with van der Waals surface area (Å²) in [4.78, 5) is 11.5. The zero-order valence-electron chi connectivity index (χ0n) is 8.47. The van der Waals surface area contributed by atoms with Gasteiger partial charge in [0.05, 0.1) is 0 Å². The van der Waals surface area contributed by atoms with E-state index in [9.17, 15) is 9.90 Å². The van der Waals surface area contributed by atoms with Crippen molar-refractivity contribution in [1.29, 1.82) is 0 Å². The van der Waals surface area contributed by atoms with Crippen LogP contribution in [0.3, 0.4) is 0 Å². The Morgan fingerprint density at radius 1 is 1.46 bits per heavy atom. The molecule has 0 aliphatic heterocycles. The van der Waals surface area contributed by atoms with Gasteiger partial charge in [0.2, 0.25) is 0 Å². The third kappa shape index (κ3) is 3.61. The van der Waals surface area contributed by atoms with Crippen LogP contribution in [0.4, 0.5) is 0 Å². The lowest BCUT2D eigenvalue weighted by molar-refractivity contribution is -0.138. The summed E-state index contributed by atoms with van der Waals surface area (Å²) in [5.74, 6) is 2.40. The highest BCUT2D eigenvalue weighted by molar-refractivity contribution is 5.86. The van der Waals surface area contributed by atoms with Crippen LogP contribution in [0.25, 0.3) is 0 Å². The molecule has 0 heterocycles. The van der Waals surface area contributed by atoms with E-state index in [0.29, 0.717) is 32.1 Å². The molecule has 0 aliphatic rings. The number of carbonyl (C=O) groups is 1. The average molecular weight is 182 g/mol. The normalized spacial score (nSPS) is 10.9. The van der Waals surface area contributed by atoms with E-state index < -0.39 is 5.60 Å². The molecule has 74 valence electrons. The third-order valence-electron chi connectivity index (χ3n) is 2.41. The van der Waals surface area contributed by atoms with Gasteiger partial charge in [0.25, 0.3) is 0 Å². The summed E-state index contributed by atoms with van der Waals surface area (Å²) in [6, 6.07) is 0. The molecule has 0 saturated carbocycles. The summed E-state index contributed by atoms with van der Waals surface area (Å²) in [6.45, 7) is 3.64. The molecule has 0 atom stereocenters. The molecule has 1 N–H and O–H groups in total. The van der Waals surface area contributed by atoms with Gasteiger partial charge in [-0.05, 0) is 19.3 Å². The smallest absolute Gasteiger partial charge is 0.164 e. The molecule has 0 rings (SSSR count). The first-order chi connectivity index (χ1) is 6.10. The molecular weight excluding hydrogens is 164 g/mol. The Morgan fingerprint density at radius 3 is 2.38 bits per heavy atom. The van der Waals surface area contributed by atoms with Gasteiger partial charge in [0.1, 0.15) is 5.60 Å². The number of carbonyl (C=O) groups excluding carboxylic acids is 1. The SMILES string of the molecule is C#CCCCC(=O)C(O)(CC)CC. The molecular formula is C11H18O2. The van der Waals surface area contributed by atoms with Gasteiger partial charge < -0.3 is 5.11 Å². The van der Waals surface area contributed by atoms with E-state index in [1.165, 1.54) is 0 Å². The lowest BCUT2D eigenvalue weighted by atomic mass is 9.89. The van der Waals surface area contributed by atoms with Crippen molar-refractivity contribution in [1.82, 2.24) is 0 Å². The maximum atomic E-state index is 11.5. The average Bonchev–Trinajstić information content (AvgIpc) is 2.17. The van der Waals surface area contributed by atoms with Crippen molar-refractivity contribution in [2.75, 3.05) is 0 Å². The molecule has 2 nitrogen and oxygen atoms in total. The second-order valence-electron chi connectivity index (χ2n) is 3.22. The van der Waals surface area contributed by atoms with Gasteiger partial charge in [-0.3, -0.25) is 4.79 Å². The Hall–Kier alpha value is -0.810. The molecule has 0 aromatic carbocycles. The predicted molar refractivity (Wildman–Crippen MR) is 53.2 cm³/mol. The van der Waals surface area contributed by atoms with Gasteiger partial charge in [-0.1, -0.05) is 13.8 Å². The topological polar surface area (TPSA) is 37.3 Å². The zero-order valence-corrected chi connectivity index (χ0v) is 8.47. The Morgan fingerprint density at radius 2 is 2.00 bits per heavy atom. The molecule has 0 spiro atoms. The van der Waals surface area contributed by atoms with Crippen LogP contribution in [0.1, 0.15) is 46.0 Å². The first kappa shape index (κ1) is 12.2. The second-order valence-corrected chi connectivity index (χ2v) is 3.22. The Bertz CT molecular complexity index is 197. The van der Waals surface area contributed by atoms with Crippen LogP contribution in [0.5, 0.6) is 0 Å². The largest absolute Gasteiger partial charge is 0.382 e. The monoisotopic (exact) mass is 182 g/mol. The number of hydrogen-bond acceptors (Lipinski definition) is 2. The molecule has 0 amide bonds. The standard InChI is InChI=1S/C11H18O2/c1-4-7-8-9-10(12)11(13,5-2)6-3/h1,13H,5-9H2,2-3H3. The van der Waals surface area contributed by atoms with Crippen molar-refractivity contribution >= 4 is 5.78 Å². The number of unbranched alkanes of at least 4 members (excludes halogenated alkanes) is 1. The summed E-state index contributed by atoms with van der Waals surface area (Å²) in [5, 5.41) is 9.80. The van der Waals surface area contributed by atoms with Crippen LogP contribution in [-0.4, -0.2) is 16.5 Å². The van der Waals surface area contributed by atoms with Gasteiger partial charge in [0.15, 0.2) is 5.78 Å². The fraction of sp³-hybridized carbons (Fsp3) is 0.727. The molecule has 0 saturated heterocycles. The molecule has 2 heteroatoms. The summed E-state index contributed by atoms with van der Waals surface area (Å²) in [6.07, 6.45) is 7.71. The Labute approximate surface area is 80.3 Å². The fourth-order valence-corrected chi connectivity index (χ4v) is 1.23. The summed E-state index contributed by atoms with van der Waals surface area (Å²) >= 11 is 0. The number of terminal acetylenes is 1. The van der Waals surface area contributed by atoms with Crippen molar-refractivity contribution in [3.63, 3.8) is 0 Å². The van der Waals surface area contributed by atoms with Crippen molar-refractivity contribution in [3.8, 4) is 12.3 Å². The number of hydrogen-bond donors (Lipinski definition) is 1. The third-order valence-corrected chi connectivity index (χ3v) is 2.41. The summed E-state index contributed by atoms with van der Waals surface area (Å²) in [7, 11) is 0. The summed E-state index contributed by atoms with van der Waals surface area (Å²) in [5.41, 5.74) is -1.12. The highest BCUT2D eigenvalue weighted by atomic mass is 16.3. The van der Waals surface area contributed by atoms with E-state index in [0.717, 1.165) is 0 Å². The van der Waals surface area contributed by atoms with E-state index in [-0.39, 0.29) is 5.78 Å². The number of Topliss-reactive ketones (excluding diaryl/α,β-unsaturated/α-hetero) is 1. The van der Waals surface area contributed by atoms with E-state index in [4.69, 9.17) is 6.42 Å². The molecule has 0 fully saturated rings. The van der Waals surface area contributed by atoms with Gasteiger partial charge in [-0.2, -0.15) is 0 Å². The van der Waals surface area contributed by atoms with Crippen LogP contribution >= 0.6 is 0 Å². The van der Waals surface area contributed by atoms with Gasteiger partial charge >= 0.3 is 0 Å². The maximum Gasteiger partial charge on any atom is 0.164 e. The van der Waals surface area contributed by atoms with Crippen LogP contribution in [0.15, 0.2) is 0 Å². The number of rotatable bonds is 6. The molecule has 0 bridgehead atoms. The number of ketones is 1. The predicted octanol–water partition coefficient (Wildman–Crippen LogP) is 1.91. The van der Waals surface area contributed by atoms with E-state index in [2.05, 4.69) is 5.92 Å². The van der Waals surface area contributed by atoms with Crippen molar-refractivity contribution in [2.45, 2.75) is 51.6 Å². The Kier molecular flexibility index (Phi) is 5.41. The van der Waals surface area contributed by atoms with Crippen LogP contribution in [-0.2, 0) is 4.79 Å². The second kappa shape index (κ2) is 5.77. The lowest BCUT2D eigenvalue weighted by Gasteiger charge is -2.23. The first-order valence-electron chi connectivity index (χ1n) is 4.79. The molecule has 0 aromatic heterocycles. The van der Waals surface area contributed by atoms with Gasteiger partial charge in [-0.25, -0.2) is 0 Å². The molecule has 0 unspecified atom stereocenters. The molecule has 0 aromatic rings. The minimum atomic E-state index is -1.12. The first-order valence-corrected chi connectivity index (χ1v) is 4.79. The lowest BCUT2D eigenvalue weighted by Crippen LogP contribution is -2.36. The van der Waals surface area contributed by atoms with Crippen LogP contribution in [0.2, 0.25) is 0 Å². The number of aliphatic hydroxyl groups is 1. The highest BCUT2D eigenvalue weighted by Gasteiger charge is 2.30. The van der Waals surface area contributed by atoms with E-state index in [1.54, 1.807) is 0 Å². The quantitative estimate of drug-likeness (QED) is 0.503. The minimum absolute atomic E-state index is 0.0762. The van der Waals surface area contributed by atoms with Crippen LogP contribution in [0, 0.1) is 12.3 Å². The highest BCUT2D eigenvalue weighted by Crippen LogP contribution is 2.18. The summed E-state index contributed by atoms with van der Waals surface area (Å²) < 4.78 is 0. The molecule has 0 aliphatic carbocycles. The minimum Gasteiger partial charge on any atom is -0.382 e. The van der Waals surface area contributed by atoms with E-state index in [1.807, 2.05) is 13.8 Å². The molecule has 0 radical (unpaired) electrons. The fourth-order valence-electron chi connectivity index (χ4n) is 1.23. The van der Waals surface area contributed by atoms with Gasteiger partial charge in [0, 0.05) is 12.8 Å². The zero-order chi connectivity index (χ0) is 10.3. The Balaban J connectivity index is 4.01.